The number of rotatable bonds is 5. The molecule has 0 fully saturated rings. The van der Waals surface area contributed by atoms with Gasteiger partial charge in [-0.15, -0.1) is 11.3 Å². The van der Waals surface area contributed by atoms with Crippen LogP contribution in [0.25, 0.3) is 16.6 Å². The van der Waals surface area contributed by atoms with Crippen LogP contribution in [-0.2, 0) is 21.7 Å². The third-order valence-corrected chi connectivity index (χ3v) is 7.25. The van der Waals surface area contributed by atoms with Crippen molar-refractivity contribution in [1.29, 1.82) is 0 Å². The first-order chi connectivity index (χ1) is 16.0. The molecule has 2 aliphatic rings. The number of nitrogens with zero attached hydrogens (tertiary/aromatic N) is 2. The van der Waals surface area contributed by atoms with Crippen molar-refractivity contribution in [1.82, 2.24) is 8.75 Å². The number of fused-ring (bicyclic) bond motifs is 2. The summed E-state index contributed by atoms with van der Waals surface area (Å²) < 4.78 is 30.3. The van der Waals surface area contributed by atoms with E-state index in [1.165, 1.54) is 11.3 Å². The lowest BCUT2D eigenvalue weighted by atomic mass is 9.89. The Morgan fingerprint density at radius 3 is 2.76 bits per heavy atom. The van der Waals surface area contributed by atoms with Gasteiger partial charge in [-0.25, -0.2) is 4.79 Å². The molecule has 0 amide bonds. The van der Waals surface area contributed by atoms with E-state index in [0.717, 1.165) is 27.2 Å². The van der Waals surface area contributed by atoms with E-state index in [4.69, 9.17) is 18.9 Å². The molecule has 0 saturated carbocycles. The number of carbonyl (C=O) groups is 1. The van der Waals surface area contributed by atoms with Gasteiger partial charge in [0.1, 0.15) is 11.0 Å². The van der Waals surface area contributed by atoms with Crippen molar-refractivity contribution in [2.45, 2.75) is 12.2 Å². The van der Waals surface area contributed by atoms with Crippen LogP contribution in [0.2, 0.25) is 0 Å². The second-order valence-electron chi connectivity index (χ2n) is 7.52. The van der Waals surface area contributed by atoms with E-state index in [1.54, 1.807) is 43.5 Å². The van der Waals surface area contributed by atoms with Crippen LogP contribution in [-0.4, -0.2) is 33.7 Å². The molecule has 2 aliphatic heterocycles. The standard InChI is InChI=1S/C23H16N2O6S2/c1-28-20-7-4-14(32-20)10-15-21(12-2-5-16-17(8-12)25-33-24-16)22(26)31-23(15,27)13-3-6-18-19(9-13)30-11-29-18/h2-9,27H,10-11H2,1H3. The molecule has 2 aromatic heterocycles. The number of hydrogen-bond donors (Lipinski definition) is 1. The van der Waals surface area contributed by atoms with E-state index < -0.39 is 11.8 Å². The monoisotopic (exact) mass is 480 g/mol. The summed E-state index contributed by atoms with van der Waals surface area (Å²) in [6.07, 6.45) is 0.285. The van der Waals surface area contributed by atoms with Gasteiger partial charge in [-0.05, 0) is 48.0 Å². The predicted octanol–water partition coefficient (Wildman–Crippen LogP) is 3.89. The number of aromatic nitrogens is 2. The van der Waals surface area contributed by atoms with Gasteiger partial charge in [0, 0.05) is 22.4 Å². The van der Waals surface area contributed by atoms with E-state index >= 15 is 0 Å². The number of esters is 1. The highest BCUT2D eigenvalue weighted by molar-refractivity contribution is 7.13. The summed E-state index contributed by atoms with van der Waals surface area (Å²) >= 11 is 2.54. The highest BCUT2D eigenvalue weighted by atomic mass is 32.1. The highest BCUT2D eigenvalue weighted by Gasteiger charge is 2.48. The van der Waals surface area contributed by atoms with Crippen LogP contribution < -0.4 is 14.2 Å². The molecule has 4 aromatic rings. The molecular formula is C23H16N2O6S2. The Kier molecular flexibility index (Phi) is 4.61. The van der Waals surface area contributed by atoms with Crippen molar-refractivity contribution in [3.05, 3.63) is 70.1 Å². The molecule has 6 rings (SSSR count). The molecule has 0 saturated heterocycles. The zero-order valence-electron chi connectivity index (χ0n) is 17.2. The maximum absolute atomic E-state index is 13.2. The Morgan fingerprint density at radius 1 is 1.06 bits per heavy atom. The summed E-state index contributed by atoms with van der Waals surface area (Å²) in [6.45, 7) is 0.0988. The SMILES string of the molecule is COc1ccc(CC2=C(c3ccc4nsnc4c3)C(=O)OC2(O)c2ccc3c(c2)OCO3)s1. The van der Waals surface area contributed by atoms with Gasteiger partial charge in [0.15, 0.2) is 16.6 Å². The van der Waals surface area contributed by atoms with Gasteiger partial charge in [0.25, 0.3) is 5.79 Å². The van der Waals surface area contributed by atoms with Crippen LogP contribution in [0.4, 0.5) is 0 Å². The number of hydrogen-bond acceptors (Lipinski definition) is 10. The Bertz CT molecular complexity index is 1440. The Morgan fingerprint density at radius 2 is 1.91 bits per heavy atom. The van der Waals surface area contributed by atoms with E-state index in [0.29, 0.717) is 39.3 Å². The van der Waals surface area contributed by atoms with E-state index in [9.17, 15) is 9.90 Å². The zero-order valence-corrected chi connectivity index (χ0v) is 18.9. The fourth-order valence-electron chi connectivity index (χ4n) is 4.05. The first kappa shape index (κ1) is 20.2. The van der Waals surface area contributed by atoms with Gasteiger partial charge >= 0.3 is 5.97 Å². The zero-order chi connectivity index (χ0) is 22.6. The molecule has 4 heterocycles. The number of ether oxygens (including phenoxy) is 4. The number of aliphatic hydroxyl groups is 1. The molecule has 8 nitrogen and oxygen atoms in total. The van der Waals surface area contributed by atoms with Crippen molar-refractivity contribution in [3.8, 4) is 16.6 Å². The molecule has 0 bridgehead atoms. The second-order valence-corrected chi connectivity index (χ2v) is 9.18. The van der Waals surface area contributed by atoms with Crippen LogP contribution in [0, 0.1) is 0 Å². The minimum atomic E-state index is -1.97. The third kappa shape index (κ3) is 3.26. The molecular weight excluding hydrogens is 464 g/mol. The Hall–Kier alpha value is -3.47. The average molecular weight is 481 g/mol. The first-order valence-corrected chi connectivity index (χ1v) is 11.5. The van der Waals surface area contributed by atoms with Gasteiger partial charge in [0.2, 0.25) is 6.79 Å². The molecule has 10 heteroatoms. The quantitative estimate of drug-likeness (QED) is 0.430. The summed E-state index contributed by atoms with van der Waals surface area (Å²) in [5.74, 6) is -1.53. The summed E-state index contributed by atoms with van der Waals surface area (Å²) in [5, 5.41) is 12.5. The van der Waals surface area contributed by atoms with Gasteiger partial charge in [-0.1, -0.05) is 6.07 Å². The number of cyclic esters (lactones) is 1. The van der Waals surface area contributed by atoms with Crippen LogP contribution in [0.15, 0.2) is 54.1 Å². The predicted molar refractivity (Wildman–Crippen MR) is 121 cm³/mol. The van der Waals surface area contributed by atoms with Crippen LogP contribution in [0.1, 0.15) is 16.0 Å². The molecule has 166 valence electrons. The summed E-state index contributed by atoms with van der Waals surface area (Å²) in [7, 11) is 1.60. The fraction of sp³-hybridized carbons (Fsp3) is 0.174. The summed E-state index contributed by atoms with van der Waals surface area (Å²) in [4.78, 5) is 14.1. The Balaban J connectivity index is 1.53. The molecule has 2 aromatic carbocycles. The van der Waals surface area contributed by atoms with E-state index in [-0.39, 0.29) is 13.2 Å². The van der Waals surface area contributed by atoms with Crippen LogP contribution >= 0.6 is 23.1 Å². The van der Waals surface area contributed by atoms with Crippen molar-refractivity contribution in [2.75, 3.05) is 13.9 Å². The number of thiophene rings is 1. The minimum Gasteiger partial charge on any atom is -0.487 e. The van der Waals surface area contributed by atoms with Gasteiger partial charge < -0.3 is 24.1 Å². The number of benzene rings is 2. The molecule has 0 aliphatic carbocycles. The maximum Gasteiger partial charge on any atom is 0.342 e. The van der Waals surface area contributed by atoms with Crippen molar-refractivity contribution >= 4 is 45.6 Å². The van der Waals surface area contributed by atoms with Crippen LogP contribution in [0.5, 0.6) is 16.6 Å². The van der Waals surface area contributed by atoms with Crippen LogP contribution in [0.3, 0.4) is 0 Å². The maximum atomic E-state index is 13.2. The number of methoxy groups -OCH3 is 1. The van der Waals surface area contributed by atoms with Gasteiger partial charge in [-0.3, -0.25) is 0 Å². The molecule has 1 N–H and O–H groups in total. The topological polar surface area (TPSA) is 100 Å². The summed E-state index contributed by atoms with van der Waals surface area (Å²) in [5.41, 5.74) is 3.14. The average Bonchev–Trinajstić information content (AvgIpc) is 3.60. The normalized spacial score (nSPS) is 19.4. The van der Waals surface area contributed by atoms with E-state index in [2.05, 4.69) is 8.75 Å². The van der Waals surface area contributed by atoms with E-state index in [1.807, 2.05) is 12.1 Å². The fourth-order valence-corrected chi connectivity index (χ4v) is 5.40. The van der Waals surface area contributed by atoms with Crippen molar-refractivity contribution < 1.29 is 28.8 Å². The molecule has 33 heavy (non-hydrogen) atoms. The summed E-state index contributed by atoms with van der Waals surface area (Å²) in [6, 6.07) is 14.2. The lowest BCUT2D eigenvalue weighted by molar-refractivity contribution is -0.185. The smallest absolute Gasteiger partial charge is 0.342 e. The van der Waals surface area contributed by atoms with Gasteiger partial charge in [0.05, 0.1) is 24.4 Å². The second kappa shape index (κ2) is 7.55. The molecule has 0 radical (unpaired) electrons. The first-order valence-electron chi connectivity index (χ1n) is 10.00. The lowest BCUT2D eigenvalue weighted by Crippen LogP contribution is -2.29. The largest absolute Gasteiger partial charge is 0.487 e. The molecule has 1 unspecified atom stereocenters. The Labute approximate surface area is 195 Å². The number of carbonyl (C=O) groups excluding carboxylic acids is 1. The highest BCUT2D eigenvalue weighted by Crippen LogP contribution is 2.47. The minimum absolute atomic E-state index is 0.0988. The molecule has 0 spiro atoms. The van der Waals surface area contributed by atoms with Crippen molar-refractivity contribution in [3.63, 3.8) is 0 Å². The lowest BCUT2D eigenvalue weighted by Gasteiger charge is -2.25. The van der Waals surface area contributed by atoms with Gasteiger partial charge in [-0.2, -0.15) is 8.75 Å². The molecule has 1 atom stereocenters. The van der Waals surface area contributed by atoms with Crippen molar-refractivity contribution in [2.24, 2.45) is 0 Å². The third-order valence-electron chi connectivity index (χ3n) is 5.65.